The largest absolute Gasteiger partial charge is 0.480 e. The van der Waals surface area contributed by atoms with Gasteiger partial charge in [-0.2, -0.15) is 0 Å². The Morgan fingerprint density at radius 1 is 0.800 bits per heavy atom. The van der Waals surface area contributed by atoms with Crippen molar-refractivity contribution in [2.75, 3.05) is 33.0 Å². The van der Waals surface area contributed by atoms with Crippen LogP contribution in [0.3, 0.4) is 0 Å². The zero-order valence-electron chi connectivity index (χ0n) is 24.5. The second-order valence-corrected chi connectivity index (χ2v) is 10.1. The van der Waals surface area contributed by atoms with Gasteiger partial charge in [0.15, 0.2) is 0 Å². The third kappa shape index (κ3) is 21.2. The summed E-state index contributed by atoms with van der Waals surface area (Å²) in [6, 6.07) is -1.06. The highest BCUT2D eigenvalue weighted by atomic mass is 16.5. The number of H-pyrrole nitrogens is 1. The van der Waals surface area contributed by atoms with E-state index in [-0.39, 0.29) is 24.7 Å². The minimum atomic E-state index is -1.12. The molecule has 0 aliphatic carbocycles. The Kier molecular flexibility index (Phi) is 22.5. The summed E-state index contributed by atoms with van der Waals surface area (Å²) in [7, 11) is 0. The normalized spacial score (nSPS) is 11.8. The number of amides is 2. The smallest absolute Gasteiger partial charge is 0.326 e. The number of aliphatic carboxylic acids is 1. The van der Waals surface area contributed by atoms with E-state index in [2.05, 4.69) is 31.3 Å². The molecule has 4 N–H and O–H groups in total. The van der Waals surface area contributed by atoms with E-state index in [0.29, 0.717) is 39.4 Å². The first kappa shape index (κ1) is 35.4. The first-order valence-corrected chi connectivity index (χ1v) is 15.2. The third-order valence-corrected chi connectivity index (χ3v) is 6.64. The van der Waals surface area contributed by atoms with E-state index in [4.69, 9.17) is 9.47 Å². The van der Waals surface area contributed by atoms with Crippen LogP contribution in [0.15, 0.2) is 0 Å². The molecular weight excluding hydrogens is 516 g/mol. The molecule has 0 aliphatic rings. The maximum atomic E-state index is 12.2. The average Bonchev–Trinajstić information content (AvgIpc) is 3.46. The molecule has 0 bridgehead atoms. The molecular formula is C28H52N6O6. The van der Waals surface area contributed by atoms with E-state index in [1.54, 1.807) is 0 Å². The van der Waals surface area contributed by atoms with Gasteiger partial charge >= 0.3 is 5.97 Å². The number of carbonyl (C=O) groups excluding carboxylic acids is 2. The third-order valence-electron chi connectivity index (χ3n) is 6.64. The molecule has 2 amide bonds. The van der Waals surface area contributed by atoms with Crippen LogP contribution in [0.2, 0.25) is 0 Å². The number of carboxylic acid groups (broad SMARTS) is 1. The number of rotatable bonds is 28. The van der Waals surface area contributed by atoms with Gasteiger partial charge < -0.3 is 25.2 Å². The van der Waals surface area contributed by atoms with Crippen LogP contribution in [-0.2, 0) is 30.3 Å². The van der Waals surface area contributed by atoms with Crippen LogP contribution in [0.4, 0.5) is 0 Å². The number of nitrogens with zero attached hydrogens (tertiary/aromatic N) is 3. The maximum absolute atomic E-state index is 12.2. The number of aryl methyl sites for hydroxylation is 1. The summed E-state index contributed by atoms with van der Waals surface area (Å²) in [5.74, 6) is -0.787. The van der Waals surface area contributed by atoms with Gasteiger partial charge in [0.1, 0.15) is 11.9 Å². The van der Waals surface area contributed by atoms with Crippen molar-refractivity contribution in [3.63, 3.8) is 0 Å². The summed E-state index contributed by atoms with van der Waals surface area (Å²) in [6.07, 6.45) is 16.5. The highest BCUT2D eigenvalue weighted by Gasteiger charge is 2.20. The highest BCUT2D eigenvalue weighted by molar-refractivity contribution is 5.84. The first-order chi connectivity index (χ1) is 19.5. The predicted molar refractivity (Wildman–Crippen MR) is 152 cm³/mol. The number of unbranched alkanes of at least 4 members (excludes halogenated alkanes) is 12. The van der Waals surface area contributed by atoms with E-state index in [9.17, 15) is 19.5 Å². The van der Waals surface area contributed by atoms with Gasteiger partial charge in [0.2, 0.25) is 11.8 Å². The first-order valence-electron chi connectivity index (χ1n) is 15.2. The Balaban J connectivity index is 1.91. The van der Waals surface area contributed by atoms with Gasteiger partial charge in [-0.25, -0.2) is 9.89 Å². The van der Waals surface area contributed by atoms with E-state index < -0.39 is 12.0 Å². The van der Waals surface area contributed by atoms with Crippen LogP contribution in [-0.4, -0.2) is 82.5 Å². The van der Waals surface area contributed by atoms with E-state index >= 15 is 0 Å². The lowest BCUT2D eigenvalue weighted by atomic mass is 10.0. The summed E-state index contributed by atoms with van der Waals surface area (Å²) >= 11 is 0. The molecule has 230 valence electrons. The monoisotopic (exact) mass is 568 g/mol. The average molecular weight is 569 g/mol. The van der Waals surface area contributed by atoms with Crippen LogP contribution >= 0.6 is 0 Å². The van der Waals surface area contributed by atoms with Crippen molar-refractivity contribution in [3.8, 4) is 0 Å². The van der Waals surface area contributed by atoms with Crippen LogP contribution in [0.25, 0.3) is 0 Å². The molecule has 1 heterocycles. The number of tetrazole rings is 1. The molecule has 40 heavy (non-hydrogen) atoms. The van der Waals surface area contributed by atoms with Crippen LogP contribution in [0.1, 0.15) is 115 Å². The minimum Gasteiger partial charge on any atom is -0.480 e. The summed E-state index contributed by atoms with van der Waals surface area (Å²) in [6.45, 7) is 4.23. The lowest BCUT2D eigenvalue weighted by molar-refractivity contribution is -0.142. The van der Waals surface area contributed by atoms with Crippen LogP contribution < -0.4 is 10.6 Å². The molecule has 1 aromatic rings. The van der Waals surface area contributed by atoms with Gasteiger partial charge in [-0.3, -0.25) is 9.59 Å². The zero-order valence-corrected chi connectivity index (χ0v) is 24.5. The Bertz CT molecular complexity index is 764. The fourth-order valence-electron chi connectivity index (χ4n) is 4.32. The van der Waals surface area contributed by atoms with Crippen molar-refractivity contribution in [3.05, 3.63) is 5.82 Å². The minimum absolute atomic E-state index is 0.0267. The Labute approximate surface area is 239 Å². The molecule has 0 fully saturated rings. The number of hydrogen-bond acceptors (Lipinski definition) is 8. The number of aromatic nitrogens is 4. The molecule has 1 rings (SSSR count). The number of aromatic amines is 1. The summed E-state index contributed by atoms with van der Waals surface area (Å²) in [5.41, 5.74) is 0. The van der Waals surface area contributed by atoms with E-state index in [1.165, 1.54) is 57.8 Å². The number of ether oxygens (including phenoxy) is 2. The van der Waals surface area contributed by atoms with Gasteiger partial charge in [0.05, 0.1) is 19.8 Å². The quantitative estimate of drug-likeness (QED) is 0.110. The van der Waals surface area contributed by atoms with E-state index in [1.807, 2.05) is 6.92 Å². The number of carboxylic acids is 1. The second kappa shape index (κ2) is 25.4. The lowest BCUT2D eigenvalue weighted by Crippen LogP contribution is -2.41. The van der Waals surface area contributed by atoms with Crippen molar-refractivity contribution in [2.45, 2.75) is 122 Å². The van der Waals surface area contributed by atoms with Gasteiger partial charge in [-0.1, -0.05) is 70.6 Å². The molecule has 1 atom stereocenters. The Morgan fingerprint density at radius 2 is 1.40 bits per heavy atom. The van der Waals surface area contributed by atoms with Crippen LogP contribution in [0.5, 0.6) is 0 Å². The molecule has 12 nitrogen and oxygen atoms in total. The topological polar surface area (TPSA) is 168 Å². The van der Waals surface area contributed by atoms with Crippen molar-refractivity contribution < 1.29 is 29.0 Å². The van der Waals surface area contributed by atoms with Crippen molar-refractivity contribution in [1.82, 2.24) is 31.3 Å². The van der Waals surface area contributed by atoms with Crippen molar-refractivity contribution >= 4 is 17.8 Å². The SMILES string of the molecule is CCOCCOCCNC(=O)CC[C@H](NC(=O)CCCCCCCCCCCCCCCc1nnn[nH]1)C(=O)O. The Hall–Kier alpha value is -2.60. The Morgan fingerprint density at radius 3 is 1.98 bits per heavy atom. The molecule has 0 saturated heterocycles. The molecule has 1 aromatic heterocycles. The highest BCUT2D eigenvalue weighted by Crippen LogP contribution is 2.13. The standard InChI is InChI=1S/C28H52N6O6/c1-2-39-22-23-40-21-20-29-26(35)19-18-24(28(37)38)30-27(36)17-15-13-11-9-7-5-3-4-6-8-10-12-14-16-25-31-33-34-32-25/h24H,2-23H2,1H3,(H,29,35)(H,30,36)(H,37,38)(H,31,32,33,34)/t24-/m0/s1. The van der Waals surface area contributed by atoms with Crippen molar-refractivity contribution in [2.24, 2.45) is 0 Å². The number of hydrogen-bond donors (Lipinski definition) is 4. The van der Waals surface area contributed by atoms with Gasteiger partial charge in [-0.05, 0) is 36.6 Å². The summed E-state index contributed by atoms with van der Waals surface area (Å²) in [5, 5.41) is 28.5. The van der Waals surface area contributed by atoms with Gasteiger partial charge in [0, 0.05) is 32.4 Å². The van der Waals surface area contributed by atoms with Crippen molar-refractivity contribution in [1.29, 1.82) is 0 Å². The molecule has 0 radical (unpaired) electrons. The zero-order chi connectivity index (χ0) is 29.1. The summed E-state index contributed by atoms with van der Waals surface area (Å²) < 4.78 is 10.5. The fraction of sp³-hybridized carbons (Fsp3) is 0.857. The van der Waals surface area contributed by atoms with Crippen LogP contribution in [0, 0.1) is 0 Å². The second-order valence-electron chi connectivity index (χ2n) is 10.1. The molecule has 12 heteroatoms. The molecule has 0 saturated carbocycles. The van der Waals surface area contributed by atoms with Gasteiger partial charge in [-0.15, -0.1) is 5.10 Å². The molecule has 0 spiro atoms. The molecule has 0 aliphatic heterocycles. The number of carbonyl (C=O) groups is 3. The fourth-order valence-corrected chi connectivity index (χ4v) is 4.32. The molecule has 0 unspecified atom stereocenters. The molecule has 0 aromatic carbocycles. The summed E-state index contributed by atoms with van der Waals surface area (Å²) in [4.78, 5) is 35.6. The predicted octanol–water partition coefficient (Wildman–Crippen LogP) is 3.72. The van der Waals surface area contributed by atoms with E-state index in [0.717, 1.165) is 37.9 Å². The maximum Gasteiger partial charge on any atom is 0.326 e. The lowest BCUT2D eigenvalue weighted by Gasteiger charge is -2.14. The number of nitrogens with one attached hydrogen (secondary N) is 3. The van der Waals surface area contributed by atoms with Gasteiger partial charge in [0.25, 0.3) is 0 Å².